The van der Waals surface area contributed by atoms with Crippen molar-refractivity contribution >= 4 is 82.6 Å². The van der Waals surface area contributed by atoms with E-state index in [0.29, 0.717) is 16.7 Å². The molecule has 0 aliphatic carbocycles. The van der Waals surface area contributed by atoms with Gasteiger partial charge in [-0.05, 0) is 34.4 Å². The van der Waals surface area contributed by atoms with Crippen LogP contribution in [-0.2, 0) is 54.5 Å². The third-order valence-electron chi connectivity index (χ3n) is 10.6. The van der Waals surface area contributed by atoms with Gasteiger partial charge < -0.3 is 47.4 Å². The van der Waals surface area contributed by atoms with Gasteiger partial charge in [-0.15, -0.1) is 0 Å². The minimum atomic E-state index is -1.35. The quantitative estimate of drug-likeness (QED) is 0.0480. The number of hydrogen-bond acceptors (Lipinski definition) is 9. The molecule has 328 valence electrons. The molecule has 0 aliphatic rings. The molecule has 2 heterocycles. The van der Waals surface area contributed by atoms with Crippen LogP contribution < -0.4 is 32.3 Å². The van der Waals surface area contributed by atoms with Crippen LogP contribution in [0.25, 0.3) is 21.8 Å². The Morgan fingerprint density at radius 3 is 1.21 bits per heavy atom. The largest absolute Gasteiger partial charge is 0.480 e. The third kappa shape index (κ3) is 12.3. The summed E-state index contributed by atoms with van der Waals surface area (Å²) < 4.78 is 0. The van der Waals surface area contributed by atoms with Gasteiger partial charge in [0.25, 0.3) is 0 Å². The van der Waals surface area contributed by atoms with Crippen LogP contribution in [0.2, 0.25) is 0 Å². The lowest BCUT2D eigenvalue weighted by atomic mass is 10.00. The molecule has 0 saturated heterocycles. The number of aromatic amines is 2. The van der Waals surface area contributed by atoms with Crippen molar-refractivity contribution in [2.75, 3.05) is 11.5 Å². The Labute approximate surface area is 374 Å². The Hall–Kier alpha value is -6.56. The van der Waals surface area contributed by atoms with Gasteiger partial charge in [0.05, 0.1) is 6.04 Å². The molecule has 0 aliphatic heterocycles. The average Bonchev–Trinajstić information content (AvgIpc) is 3.91. The summed E-state index contributed by atoms with van der Waals surface area (Å²) in [6.07, 6.45) is 3.46. The van der Waals surface area contributed by atoms with Gasteiger partial charge in [-0.2, -0.15) is 25.3 Å². The van der Waals surface area contributed by atoms with E-state index in [-0.39, 0.29) is 37.2 Å². The second-order valence-corrected chi connectivity index (χ2v) is 15.9. The smallest absolute Gasteiger partial charge is 0.327 e. The zero-order valence-electron chi connectivity index (χ0n) is 34.1. The molecular weight excluding hydrogens is 841 g/mol. The first-order chi connectivity index (χ1) is 30.4. The number of hydrogen-bond donors (Lipinski definition) is 11. The van der Waals surface area contributed by atoms with E-state index in [9.17, 15) is 33.9 Å². The summed E-state index contributed by atoms with van der Waals surface area (Å²) in [6, 6.07) is 25.5. The van der Waals surface area contributed by atoms with E-state index < -0.39 is 71.8 Å². The number of carboxylic acids is 1. The fraction of sp³-hybridized carbons (Fsp3) is 0.261. The molecule has 10 N–H and O–H groups in total. The summed E-state index contributed by atoms with van der Waals surface area (Å²) in [7, 11) is 0. The first-order valence-electron chi connectivity index (χ1n) is 20.3. The van der Waals surface area contributed by atoms with Crippen molar-refractivity contribution in [3.8, 4) is 0 Å². The summed E-state index contributed by atoms with van der Waals surface area (Å²) in [5.41, 5.74) is 10.4. The van der Waals surface area contributed by atoms with Gasteiger partial charge >= 0.3 is 5.97 Å². The van der Waals surface area contributed by atoms with Crippen molar-refractivity contribution in [1.82, 2.24) is 36.6 Å². The van der Waals surface area contributed by atoms with Crippen molar-refractivity contribution in [2.24, 2.45) is 5.73 Å². The lowest BCUT2D eigenvalue weighted by Crippen LogP contribution is -2.60. The number of benzene rings is 4. The van der Waals surface area contributed by atoms with E-state index >= 15 is 0 Å². The second-order valence-electron chi connectivity index (χ2n) is 15.1. The monoisotopic (exact) mass is 890 g/mol. The van der Waals surface area contributed by atoms with Gasteiger partial charge in [0.2, 0.25) is 29.5 Å². The van der Waals surface area contributed by atoms with Crippen molar-refractivity contribution in [1.29, 1.82) is 0 Å². The molecular formula is C46H50N8O7S2. The summed E-state index contributed by atoms with van der Waals surface area (Å²) in [6.45, 7) is 0. The zero-order valence-corrected chi connectivity index (χ0v) is 35.9. The van der Waals surface area contributed by atoms with Gasteiger partial charge in [-0.1, -0.05) is 97.1 Å². The van der Waals surface area contributed by atoms with Crippen LogP contribution in [0.1, 0.15) is 22.3 Å². The third-order valence-corrected chi connectivity index (χ3v) is 11.4. The van der Waals surface area contributed by atoms with E-state index in [1.807, 2.05) is 54.6 Å². The van der Waals surface area contributed by atoms with E-state index in [1.54, 1.807) is 67.0 Å². The van der Waals surface area contributed by atoms with Gasteiger partial charge in [0.1, 0.15) is 30.2 Å². The van der Waals surface area contributed by atoms with Crippen LogP contribution in [0.5, 0.6) is 0 Å². The standard InChI is InChI=1S/C46H50N8O7S2/c47-33(25-62)41(55)50-36(19-27-11-3-1-4-12-27)42(56)52-38(21-29-23-48-34-17-9-7-15-31(29)34)44(58)51-37(20-28-13-5-2-6-14-28)43(57)53-39(45(59)54-40(26-63)46(60)61)22-30-24-49-35-18-10-8-16-32(30)35/h1-18,23-24,33,36-40,48-49,62-63H,19-22,25-26,47H2,(H,50,55)(H,51,58)(H,52,56)(H,53,57)(H,54,59)(H,60,61)/t33-,36-,37-,38-,39-,40-/m0/s1. The Kier molecular flexibility index (Phi) is 16.0. The van der Waals surface area contributed by atoms with Crippen LogP contribution in [0.3, 0.4) is 0 Å². The summed E-state index contributed by atoms with van der Waals surface area (Å²) in [5, 5.41) is 25.0. The van der Waals surface area contributed by atoms with Gasteiger partial charge in [-0.25, -0.2) is 4.79 Å². The fourth-order valence-corrected chi connectivity index (χ4v) is 7.63. The molecule has 5 amide bonds. The number of thiol groups is 2. The van der Waals surface area contributed by atoms with Crippen molar-refractivity contribution in [3.63, 3.8) is 0 Å². The average molecular weight is 891 g/mol. The molecule has 4 aromatic carbocycles. The van der Waals surface area contributed by atoms with Crippen molar-refractivity contribution in [3.05, 3.63) is 144 Å². The highest BCUT2D eigenvalue weighted by Crippen LogP contribution is 2.21. The van der Waals surface area contributed by atoms with E-state index in [0.717, 1.165) is 27.4 Å². The van der Waals surface area contributed by atoms with Gasteiger partial charge in [0, 0.05) is 71.4 Å². The molecule has 6 aromatic rings. The van der Waals surface area contributed by atoms with Crippen LogP contribution in [-0.4, -0.2) is 98.3 Å². The topological polar surface area (TPSA) is 240 Å². The highest BCUT2D eigenvalue weighted by molar-refractivity contribution is 7.80. The van der Waals surface area contributed by atoms with Crippen LogP contribution in [0, 0.1) is 0 Å². The minimum Gasteiger partial charge on any atom is -0.480 e. The molecule has 17 heteroatoms. The van der Waals surface area contributed by atoms with E-state index in [2.05, 4.69) is 61.8 Å². The van der Waals surface area contributed by atoms with Gasteiger partial charge in [0.15, 0.2) is 0 Å². The highest BCUT2D eigenvalue weighted by Gasteiger charge is 2.34. The molecule has 15 nitrogen and oxygen atoms in total. The first-order valence-corrected chi connectivity index (χ1v) is 21.6. The maximum Gasteiger partial charge on any atom is 0.327 e. The number of aromatic nitrogens is 2. The zero-order chi connectivity index (χ0) is 44.9. The number of carbonyl (C=O) groups is 6. The number of fused-ring (bicyclic) bond motifs is 2. The highest BCUT2D eigenvalue weighted by atomic mass is 32.1. The number of H-pyrrole nitrogens is 2. The number of nitrogens with one attached hydrogen (secondary N) is 7. The lowest BCUT2D eigenvalue weighted by Gasteiger charge is -2.27. The molecule has 0 spiro atoms. The molecule has 6 rings (SSSR count). The second kappa shape index (κ2) is 22.0. The molecule has 6 atom stereocenters. The van der Waals surface area contributed by atoms with Gasteiger partial charge in [-0.3, -0.25) is 24.0 Å². The number of nitrogens with two attached hydrogens (primary N) is 1. The minimum absolute atomic E-state index is 0.0176. The Morgan fingerprint density at radius 2 is 0.825 bits per heavy atom. The number of para-hydroxylation sites is 2. The molecule has 0 bridgehead atoms. The maximum absolute atomic E-state index is 14.7. The predicted octanol–water partition coefficient (Wildman–Crippen LogP) is 2.62. The van der Waals surface area contributed by atoms with E-state index in [4.69, 9.17) is 5.73 Å². The Morgan fingerprint density at radius 1 is 0.476 bits per heavy atom. The van der Waals surface area contributed by atoms with Crippen LogP contribution >= 0.6 is 25.3 Å². The summed E-state index contributed by atoms with van der Waals surface area (Å²) >= 11 is 8.24. The Balaban J connectivity index is 1.32. The number of carbonyl (C=O) groups excluding carboxylic acids is 5. The SMILES string of the molecule is N[C@@H](CS)C(=O)N[C@@H](Cc1ccccc1)C(=O)N[C@@H](Cc1c[nH]c2ccccc12)C(=O)N[C@@H](Cc1ccccc1)C(=O)N[C@@H](Cc1c[nH]c2ccccc12)C(=O)N[C@@H](CS)C(=O)O. The molecule has 0 fully saturated rings. The van der Waals surface area contributed by atoms with Crippen LogP contribution in [0.4, 0.5) is 0 Å². The first kappa shape index (κ1) is 46.0. The Bertz CT molecular complexity index is 2530. The molecule has 0 radical (unpaired) electrons. The van der Waals surface area contributed by atoms with E-state index in [1.165, 1.54) is 0 Å². The maximum atomic E-state index is 14.7. The van der Waals surface area contributed by atoms with Crippen LogP contribution in [0.15, 0.2) is 122 Å². The predicted molar refractivity (Wildman–Crippen MR) is 247 cm³/mol. The number of aliphatic carboxylic acids is 1. The molecule has 2 aromatic heterocycles. The van der Waals surface area contributed by atoms with Crippen molar-refractivity contribution in [2.45, 2.75) is 61.9 Å². The number of rotatable bonds is 21. The summed E-state index contributed by atoms with van der Waals surface area (Å²) in [5.74, 6) is -4.98. The fourth-order valence-electron chi connectivity index (χ4n) is 7.21. The number of amides is 5. The normalized spacial score (nSPS) is 14.1. The number of carboxylic acid groups (broad SMARTS) is 1. The van der Waals surface area contributed by atoms with Crippen molar-refractivity contribution < 1.29 is 33.9 Å². The molecule has 0 saturated carbocycles. The summed E-state index contributed by atoms with van der Waals surface area (Å²) in [4.78, 5) is 88.7. The molecule has 0 unspecified atom stereocenters. The lowest BCUT2D eigenvalue weighted by molar-refractivity contribution is -0.141. The molecule has 63 heavy (non-hydrogen) atoms.